The first kappa shape index (κ1) is 18.4. The summed E-state index contributed by atoms with van der Waals surface area (Å²) in [5.74, 6) is -0.715. The Balaban J connectivity index is 1.51. The molecule has 0 saturated carbocycles. The third-order valence-corrected chi connectivity index (χ3v) is 4.84. The van der Waals surface area contributed by atoms with Gasteiger partial charge in [0.15, 0.2) is 0 Å². The van der Waals surface area contributed by atoms with Gasteiger partial charge in [0, 0.05) is 26.2 Å². The van der Waals surface area contributed by atoms with Crippen LogP contribution < -0.4 is 16.0 Å². The highest BCUT2D eigenvalue weighted by atomic mass is 19.1. The largest absolute Gasteiger partial charge is 0.352 e. The van der Waals surface area contributed by atoms with Gasteiger partial charge in [-0.3, -0.25) is 4.79 Å². The van der Waals surface area contributed by atoms with E-state index < -0.39 is 5.82 Å². The minimum Gasteiger partial charge on any atom is -0.352 e. The Bertz CT molecular complexity index is 692. The van der Waals surface area contributed by atoms with E-state index in [1.165, 1.54) is 17.7 Å². The highest BCUT2D eigenvalue weighted by Crippen LogP contribution is 2.19. The molecule has 6 nitrogen and oxygen atoms in total. The number of halogens is 1. The molecule has 140 valence electrons. The lowest BCUT2D eigenvalue weighted by molar-refractivity contribution is -0.126. The van der Waals surface area contributed by atoms with E-state index in [2.05, 4.69) is 22.0 Å². The van der Waals surface area contributed by atoms with Crippen LogP contribution in [0.1, 0.15) is 19.3 Å². The summed E-state index contributed by atoms with van der Waals surface area (Å²) in [5, 5.41) is 8.82. The average molecular weight is 360 g/mol. The number of carbonyl (C=O) groups excluding carboxylic acids is 2. The van der Waals surface area contributed by atoms with Crippen molar-refractivity contribution >= 4 is 17.6 Å². The van der Waals surface area contributed by atoms with Crippen LogP contribution in [-0.2, 0) is 4.79 Å². The van der Waals surface area contributed by atoms with E-state index in [0.29, 0.717) is 19.6 Å². The van der Waals surface area contributed by atoms with E-state index >= 15 is 0 Å². The number of nitrogens with zero attached hydrogens (tertiary/aromatic N) is 1. The minimum absolute atomic E-state index is 0.0205. The number of likely N-dealkylation sites (tertiary alicyclic amines) is 1. The summed E-state index contributed by atoms with van der Waals surface area (Å²) >= 11 is 0. The van der Waals surface area contributed by atoms with E-state index in [1.807, 2.05) is 0 Å². The van der Waals surface area contributed by atoms with Crippen LogP contribution in [0.5, 0.6) is 0 Å². The fourth-order valence-electron chi connectivity index (χ4n) is 3.31. The van der Waals surface area contributed by atoms with Gasteiger partial charge in [-0.15, -0.1) is 0 Å². The Morgan fingerprint density at radius 3 is 2.92 bits per heavy atom. The van der Waals surface area contributed by atoms with Crippen molar-refractivity contribution in [1.29, 1.82) is 0 Å². The molecule has 1 fully saturated rings. The molecule has 0 spiro atoms. The molecule has 2 heterocycles. The predicted octanol–water partition coefficient (Wildman–Crippen LogP) is 2.11. The van der Waals surface area contributed by atoms with Gasteiger partial charge in [0.05, 0.1) is 11.6 Å². The van der Waals surface area contributed by atoms with Crippen LogP contribution in [0.4, 0.5) is 14.9 Å². The standard InChI is InChI=1S/C19H25FN4O2/c20-16-5-1-2-6-17(16)23-19(26)24-11-3-4-15(13-24)18(25)22-12-14-7-9-21-10-8-14/h1-2,5-7,15,21H,3-4,8-13H2,(H,22,25)(H,23,26). The van der Waals surface area contributed by atoms with Gasteiger partial charge in [-0.05, 0) is 37.9 Å². The van der Waals surface area contributed by atoms with Gasteiger partial charge < -0.3 is 20.9 Å². The normalized spacial score (nSPS) is 20.3. The second-order valence-corrected chi connectivity index (χ2v) is 6.73. The quantitative estimate of drug-likeness (QED) is 0.720. The lowest BCUT2D eigenvalue weighted by Gasteiger charge is -2.32. The van der Waals surface area contributed by atoms with Gasteiger partial charge in [-0.2, -0.15) is 0 Å². The summed E-state index contributed by atoms with van der Waals surface area (Å²) in [7, 11) is 0. The molecule has 26 heavy (non-hydrogen) atoms. The summed E-state index contributed by atoms with van der Waals surface area (Å²) in [5.41, 5.74) is 1.39. The van der Waals surface area contributed by atoms with Gasteiger partial charge in [-0.1, -0.05) is 23.8 Å². The molecule has 1 atom stereocenters. The van der Waals surface area contributed by atoms with E-state index in [4.69, 9.17) is 0 Å². The van der Waals surface area contributed by atoms with Crippen molar-refractivity contribution in [3.8, 4) is 0 Å². The molecular formula is C19H25FN4O2. The van der Waals surface area contributed by atoms with Crippen molar-refractivity contribution in [3.05, 3.63) is 41.7 Å². The van der Waals surface area contributed by atoms with Crippen molar-refractivity contribution in [2.24, 2.45) is 5.92 Å². The van der Waals surface area contributed by atoms with E-state index in [9.17, 15) is 14.0 Å². The predicted molar refractivity (Wildman–Crippen MR) is 98.3 cm³/mol. The zero-order chi connectivity index (χ0) is 18.4. The Kier molecular flexibility index (Phi) is 6.22. The van der Waals surface area contributed by atoms with Crippen molar-refractivity contribution in [1.82, 2.24) is 15.5 Å². The smallest absolute Gasteiger partial charge is 0.321 e. The van der Waals surface area contributed by atoms with Crippen LogP contribution in [-0.4, -0.2) is 49.6 Å². The third-order valence-electron chi connectivity index (χ3n) is 4.84. The minimum atomic E-state index is -0.470. The third kappa shape index (κ3) is 4.82. The van der Waals surface area contributed by atoms with Crippen LogP contribution in [0.2, 0.25) is 0 Å². The zero-order valence-electron chi connectivity index (χ0n) is 14.8. The van der Waals surface area contributed by atoms with Crippen LogP contribution in [0, 0.1) is 11.7 Å². The maximum absolute atomic E-state index is 13.7. The number of carbonyl (C=O) groups is 2. The summed E-state index contributed by atoms with van der Waals surface area (Å²) < 4.78 is 13.7. The average Bonchev–Trinajstić information content (AvgIpc) is 2.69. The Morgan fingerprint density at radius 1 is 1.31 bits per heavy atom. The number of urea groups is 1. The zero-order valence-corrected chi connectivity index (χ0v) is 14.8. The number of hydrogen-bond acceptors (Lipinski definition) is 3. The molecule has 0 bridgehead atoms. The number of amides is 3. The fourth-order valence-corrected chi connectivity index (χ4v) is 3.31. The van der Waals surface area contributed by atoms with Gasteiger partial charge in [-0.25, -0.2) is 9.18 Å². The highest BCUT2D eigenvalue weighted by Gasteiger charge is 2.28. The second-order valence-electron chi connectivity index (χ2n) is 6.73. The fraction of sp³-hybridized carbons (Fsp3) is 0.474. The lowest BCUT2D eigenvalue weighted by Crippen LogP contribution is -2.47. The number of benzene rings is 1. The summed E-state index contributed by atoms with van der Waals surface area (Å²) in [6.07, 6.45) is 4.58. The Labute approximate surface area is 152 Å². The first-order valence-electron chi connectivity index (χ1n) is 9.10. The van der Waals surface area contributed by atoms with Gasteiger partial charge in [0.1, 0.15) is 5.82 Å². The number of rotatable bonds is 4. The number of piperidine rings is 1. The molecule has 3 amide bonds. The summed E-state index contributed by atoms with van der Waals surface area (Å²) in [4.78, 5) is 26.4. The lowest BCUT2D eigenvalue weighted by atomic mass is 9.97. The van der Waals surface area contributed by atoms with Crippen molar-refractivity contribution < 1.29 is 14.0 Å². The molecule has 1 saturated heterocycles. The Hall–Kier alpha value is -2.41. The molecule has 2 aliphatic heterocycles. The summed E-state index contributed by atoms with van der Waals surface area (Å²) in [6.45, 7) is 3.28. The Morgan fingerprint density at radius 2 is 2.15 bits per heavy atom. The number of para-hydroxylation sites is 1. The molecule has 1 unspecified atom stereocenters. The first-order valence-corrected chi connectivity index (χ1v) is 9.10. The van der Waals surface area contributed by atoms with Gasteiger partial charge in [0.2, 0.25) is 5.91 Å². The molecule has 1 aromatic carbocycles. The van der Waals surface area contributed by atoms with Gasteiger partial charge in [0.25, 0.3) is 0 Å². The SMILES string of the molecule is O=C(NCC1=CCNCC1)C1CCCN(C(=O)Nc2ccccc2F)C1. The number of anilines is 1. The molecule has 0 radical (unpaired) electrons. The first-order chi connectivity index (χ1) is 12.6. The second kappa shape index (κ2) is 8.80. The molecule has 0 aliphatic carbocycles. The van der Waals surface area contributed by atoms with Crippen LogP contribution in [0.15, 0.2) is 35.9 Å². The maximum Gasteiger partial charge on any atom is 0.321 e. The molecular weight excluding hydrogens is 335 g/mol. The van der Waals surface area contributed by atoms with Crippen LogP contribution in [0.3, 0.4) is 0 Å². The van der Waals surface area contributed by atoms with Gasteiger partial charge >= 0.3 is 6.03 Å². The van der Waals surface area contributed by atoms with Crippen molar-refractivity contribution in [2.75, 3.05) is 38.0 Å². The highest BCUT2D eigenvalue weighted by molar-refractivity contribution is 5.90. The van der Waals surface area contributed by atoms with E-state index in [0.717, 1.165) is 32.4 Å². The van der Waals surface area contributed by atoms with Crippen LogP contribution in [0.25, 0.3) is 0 Å². The van der Waals surface area contributed by atoms with Crippen molar-refractivity contribution in [3.63, 3.8) is 0 Å². The van der Waals surface area contributed by atoms with E-state index in [1.54, 1.807) is 17.0 Å². The molecule has 7 heteroatoms. The maximum atomic E-state index is 13.7. The van der Waals surface area contributed by atoms with Crippen molar-refractivity contribution in [2.45, 2.75) is 19.3 Å². The molecule has 0 aromatic heterocycles. The van der Waals surface area contributed by atoms with Crippen LogP contribution >= 0.6 is 0 Å². The molecule has 3 rings (SSSR count). The molecule has 1 aromatic rings. The number of nitrogens with one attached hydrogen (secondary N) is 3. The summed E-state index contributed by atoms with van der Waals surface area (Å²) in [6, 6.07) is 5.70. The topological polar surface area (TPSA) is 73.5 Å². The van der Waals surface area contributed by atoms with E-state index in [-0.39, 0.29) is 23.5 Å². The molecule has 2 aliphatic rings. The number of hydrogen-bond donors (Lipinski definition) is 3. The monoisotopic (exact) mass is 360 g/mol. The molecule has 3 N–H and O–H groups in total.